The summed E-state index contributed by atoms with van der Waals surface area (Å²) in [5.74, 6) is 2.48. The fourth-order valence-corrected chi connectivity index (χ4v) is 3.66. The molecule has 2 aliphatic carbocycles. The van der Waals surface area contributed by atoms with Gasteiger partial charge in [-0.05, 0) is 67.3 Å². The van der Waals surface area contributed by atoms with Gasteiger partial charge in [-0.15, -0.1) is 0 Å². The van der Waals surface area contributed by atoms with Crippen LogP contribution in [0.1, 0.15) is 41.6 Å². The molecule has 0 saturated heterocycles. The first-order chi connectivity index (χ1) is 12.2. The number of ether oxygens (including phenoxy) is 1. The van der Waals surface area contributed by atoms with Gasteiger partial charge in [-0.25, -0.2) is 0 Å². The summed E-state index contributed by atoms with van der Waals surface area (Å²) in [6.45, 7) is 0.515. The zero-order chi connectivity index (χ0) is 17.2. The molecule has 2 saturated carbocycles. The number of nitrogens with zero attached hydrogens (tertiary/aromatic N) is 1. The van der Waals surface area contributed by atoms with E-state index in [4.69, 9.17) is 4.74 Å². The van der Waals surface area contributed by atoms with Gasteiger partial charge >= 0.3 is 0 Å². The summed E-state index contributed by atoms with van der Waals surface area (Å²) in [7, 11) is 1.98. The van der Waals surface area contributed by atoms with Crippen LogP contribution in [0.5, 0.6) is 5.75 Å². The van der Waals surface area contributed by atoms with Crippen LogP contribution in [0.2, 0.25) is 0 Å². The second-order valence-corrected chi connectivity index (χ2v) is 7.38. The van der Waals surface area contributed by atoms with Crippen molar-refractivity contribution in [1.82, 2.24) is 4.90 Å². The molecule has 0 heterocycles. The second kappa shape index (κ2) is 6.91. The molecule has 2 aromatic rings. The van der Waals surface area contributed by atoms with Crippen LogP contribution in [0.3, 0.4) is 0 Å². The molecule has 2 fully saturated rings. The van der Waals surface area contributed by atoms with Crippen molar-refractivity contribution in [3.8, 4) is 5.75 Å². The third kappa shape index (κ3) is 3.87. The van der Waals surface area contributed by atoms with Crippen LogP contribution in [0.4, 0.5) is 0 Å². The van der Waals surface area contributed by atoms with Crippen molar-refractivity contribution in [3.63, 3.8) is 0 Å². The molecular weight excluding hydrogens is 310 g/mol. The van der Waals surface area contributed by atoms with Crippen LogP contribution in [0.15, 0.2) is 54.6 Å². The molecule has 130 valence electrons. The lowest BCUT2D eigenvalue weighted by molar-refractivity contribution is 0.0690. The monoisotopic (exact) mass is 335 g/mol. The first-order valence-corrected chi connectivity index (χ1v) is 9.26. The van der Waals surface area contributed by atoms with Crippen molar-refractivity contribution in [1.29, 1.82) is 0 Å². The third-order valence-corrected chi connectivity index (χ3v) is 5.33. The molecule has 0 atom stereocenters. The van der Waals surface area contributed by atoms with E-state index in [1.807, 2.05) is 66.5 Å². The van der Waals surface area contributed by atoms with E-state index in [-0.39, 0.29) is 5.91 Å². The highest BCUT2D eigenvalue weighted by atomic mass is 16.5. The Labute approximate surface area is 149 Å². The molecule has 0 unspecified atom stereocenters. The van der Waals surface area contributed by atoms with Gasteiger partial charge in [-0.1, -0.05) is 30.3 Å². The van der Waals surface area contributed by atoms with E-state index in [2.05, 4.69) is 0 Å². The molecule has 0 bridgehead atoms. The summed E-state index contributed by atoms with van der Waals surface area (Å²) in [5, 5.41) is 0. The molecule has 4 rings (SSSR count). The Hall–Kier alpha value is -2.29. The van der Waals surface area contributed by atoms with Gasteiger partial charge in [-0.3, -0.25) is 4.79 Å². The lowest BCUT2D eigenvalue weighted by Crippen LogP contribution is -2.40. The lowest BCUT2D eigenvalue weighted by atomic mass is 10.0. The lowest BCUT2D eigenvalue weighted by Gasteiger charge is -2.28. The molecule has 0 aliphatic heterocycles. The van der Waals surface area contributed by atoms with E-state index >= 15 is 0 Å². The van der Waals surface area contributed by atoms with Gasteiger partial charge in [0.15, 0.2) is 0 Å². The summed E-state index contributed by atoms with van der Waals surface area (Å²) < 4.78 is 5.76. The Morgan fingerprint density at radius 2 is 1.60 bits per heavy atom. The highest BCUT2D eigenvalue weighted by molar-refractivity contribution is 5.94. The van der Waals surface area contributed by atoms with E-state index < -0.39 is 0 Å². The Bertz CT molecular complexity index is 705. The molecule has 3 heteroatoms. The molecule has 2 aliphatic rings. The van der Waals surface area contributed by atoms with Crippen LogP contribution in [0.25, 0.3) is 0 Å². The normalized spacial score (nSPS) is 16.7. The predicted molar refractivity (Wildman–Crippen MR) is 98.5 cm³/mol. The number of para-hydroxylation sites is 1. The smallest absolute Gasteiger partial charge is 0.253 e. The maximum Gasteiger partial charge on any atom is 0.253 e. The highest BCUT2D eigenvalue weighted by Gasteiger charge is 2.44. The summed E-state index contributed by atoms with van der Waals surface area (Å²) in [4.78, 5) is 14.8. The minimum absolute atomic E-state index is 0.152. The molecule has 3 nitrogen and oxygen atoms in total. The van der Waals surface area contributed by atoms with Gasteiger partial charge in [0.05, 0.1) is 0 Å². The SMILES string of the molecule is CN(C(=O)c1ccc(COc2ccccc2)cc1)C(C1CC1)C1CC1. The number of rotatable bonds is 7. The van der Waals surface area contributed by atoms with Crippen LogP contribution < -0.4 is 4.74 Å². The van der Waals surface area contributed by atoms with Gasteiger partial charge in [0.2, 0.25) is 0 Å². The van der Waals surface area contributed by atoms with Crippen molar-refractivity contribution < 1.29 is 9.53 Å². The largest absolute Gasteiger partial charge is 0.489 e. The fourth-order valence-electron chi connectivity index (χ4n) is 3.66. The van der Waals surface area contributed by atoms with E-state index in [1.54, 1.807) is 0 Å². The molecular formula is C22H25NO2. The first-order valence-electron chi connectivity index (χ1n) is 9.26. The molecule has 2 aromatic carbocycles. The Kier molecular flexibility index (Phi) is 4.48. The standard InChI is InChI=1S/C22H25NO2/c1-23(21(17-11-12-17)18-13-14-18)22(24)19-9-7-16(8-10-19)15-25-20-5-3-2-4-6-20/h2-10,17-18,21H,11-15H2,1H3. The molecule has 25 heavy (non-hydrogen) atoms. The minimum atomic E-state index is 0.152. The van der Waals surface area contributed by atoms with Crippen molar-refractivity contribution in [3.05, 3.63) is 65.7 Å². The third-order valence-electron chi connectivity index (χ3n) is 5.33. The second-order valence-electron chi connectivity index (χ2n) is 7.38. The number of hydrogen-bond donors (Lipinski definition) is 0. The Balaban J connectivity index is 1.38. The van der Waals surface area contributed by atoms with Crippen LogP contribution in [-0.2, 0) is 6.61 Å². The summed E-state index contributed by atoms with van der Waals surface area (Å²) in [5.41, 5.74) is 1.85. The van der Waals surface area contributed by atoms with E-state index in [0.717, 1.165) is 28.7 Å². The van der Waals surface area contributed by atoms with E-state index in [0.29, 0.717) is 12.6 Å². The fraction of sp³-hybridized carbons (Fsp3) is 0.409. The van der Waals surface area contributed by atoms with Gasteiger partial charge in [0.1, 0.15) is 12.4 Å². The van der Waals surface area contributed by atoms with Gasteiger partial charge in [0.25, 0.3) is 5.91 Å². The average molecular weight is 335 g/mol. The van der Waals surface area contributed by atoms with Crippen LogP contribution in [-0.4, -0.2) is 23.9 Å². The summed E-state index contributed by atoms with van der Waals surface area (Å²) in [6, 6.07) is 18.1. The van der Waals surface area contributed by atoms with E-state index in [1.165, 1.54) is 25.7 Å². The van der Waals surface area contributed by atoms with Crippen LogP contribution in [0, 0.1) is 11.8 Å². The van der Waals surface area contributed by atoms with Gasteiger partial charge in [-0.2, -0.15) is 0 Å². The molecule has 0 spiro atoms. The van der Waals surface area contributed by atoms with Crippen LogP contribution >= 0.6 is 0 Å². The molecule has 1 amide bonds. The van der Waals surface area contributed by atoms with Crippen molar-refractivity contribution >= 4 is 5.91 Å². The summed E-state index contributed by atoms with van der Waals surface area (Å²) >= 11 is 0. The topological polar surface area (TPSA) is 29.5 Å². The minimum Gasteiger partial charge on any atom is -0.489 e. The van der Waals surface area contributed by atoms with Gasteiger partial charge < -0.3 is 9.64 Å². The molecule has 0 aromatic heterocycles. The number of carbonyl (C=O) groups is 1. The Morgan fingerprint density at radius 3 is 2.16 bits per heavy atom. The van der Waals surface area contributed by atoms with Gasteiger partial charge in [0, 0.05) is 18.7 Å². The summed E-state index contributed by atoms with van der Waals surface area (Å²) in [6.07, 6.45) is 5.15. The number of benzene rings is 2. The van der Waals surface area contributed by atoms with Crippen molar-refractivity contribution in [2.45, 2.75) is 38.3 Å². The van der Waals surface area contributed by atoms with Crippen molar-refractivity contribution in [2.24, 2.45) is 11.8 Å². The zero-order valence-electron chi connectivity index (χ0n) is 14.7. The Morgan fingerprint density at radius 1 is 1.00 bits per heavy atom. The number of hydrogen-bond acceptors (Lipinski definition) is 2. The average Bonchev–Trinajstić information content (AvgIpc) is 3.56. The predicted octanol–water partition coefficient (Wildman–Crippen LogP) is 4.53. The zero-order valence-corrected chi connectivity index (χ0v) is 14.7. The number of amides is 1. The number of carbonyl (C=O) groups excluding carboxylic acids is 1. The highest BCUT2D eigenvalue weighted by Crippen LogP contribution is 2.47. The maximum absolute atomic E-state index is 12.8. The molecule has 0 N–H and O–H groups in total. The van der Waals surface area contributed by atoms with Crippen molar-refractivity contribution in [2.75, 3.05) is 7.05 Å². The van der Waals surface area contributed by atoms with E-state index in [9.17, 15) is 4.79 Å². The maximum atomic E-state index is 12.8. The first kappa shape index (κ1) is 16.2. The quantitative estimate of drug-likeness (QED) is 0.744. The molecule has 0 radical (unpaired) electrons.